The van der Waals surface area contributed by atoms with Crippen molar-refractivity contribution in [3.8, 4) is 5.75 Å². The topological polar surface area (TPSA) is 97.9 Å². The number of nitrogens with one attached hydrogen (secondary N) is 3. The van der Waals surface area contributed by atoms with Gasteiger partial charge in [0.1, 0.15) is 12.4 Å². The van der Waals surface area contributed by atoms with E-state index in [1.807, 2.05) is 0 Å². The Kier molecular flexibility index (Phi) is 9.61. The third kappa shape index (κ3) is 7.78. The molecule has 1 saturated heterocycles. The number of amides is 2. The maximum atomic E-state index is 12.6. The molecule has 2 amide bonds. The van der Waals surface area contributed by atoms with Crippen molar-refractivity contribution in [1.29, 1.82) is 0 Å². The van der Waals surface area contributed by atoms with Gasteiger partial charge in [-0.2, -0.15) is 0 Å². The van der Waals surface area contributed by atoms with Crippen LogP contribution < -0.4 is 20.7 Å². The molecule has 1 heterocycles. The summed E-state index contributed by atoms with van der Waals surface area (Å²) >= 11 is 8.67. The van der Waals surface area contributed by atoms with E-state index in [-0.39, 0.29) is 23.0 Å². The standard InChI is InChI=1S/C23H26BrN3O5S/c1-30-10-11-32-20-8-7-16(13-19(20)24)22(29)27-23(33)26-17-5-2-4-15(12-17)21(28)25-14-18-6-3-9-31-18/h2,4-5,7-8,12-13,18H,3,6,9-11,14H2,1H3,(H,25,28)(H2,26,27,29,33). The van der Waals surface area contributed by atoms with Gasteiger partial charge in [0, 0.05) is 37.1 Å². The zero-order valence-electron chi connectivity index (χ0n) is 18.2. The van der Waals surface area contributed by atoms with Crippen LogP contribution in [0, 0.1) is 0 Å². The molecule has 33 heavy (non-hydrogen) atoms. The minimum Gasteiger partial charge on any atom is -0.490 e. The summed E-state index contributed by atoms with van der Waals surface area (Å²) in [6.45, 7) is 2.09. The first-order valence-corrected chi connectivity index (χ1v) is 11.7. The van der Waals surface area contributed by atoms with E-state index in [2.05, 4.69) is 31.9 Å². The highest BCUT2D eigenvalue weighted by Gasteiger charge is 2.17. The molecule has 0 bridgehead atoms. The molecule has 3 rings (SSSR count). The predicted molar refractivity (Wildman–Crippen MR) is 133 cm³/mol. The lowest BCUT2D eigenvalue weighted by atomic mass is 10.1. The fourth-order valence-corrected chi connectivity index (χ4v) is 3.89. The molecule has 0 aromatic heterocycles. The number of ether oxygens (including phenoxy) is 3. The lowest BCUT2D eigenvalue weighted by Gasteiger charge is -2.13. The largest absolute Gasteiger partial charge is 0.490 e. The van der Waals surface area contributed by atoms with Crippen molar-refractivity contribution in [2.45, 2.75) is 18.9 Å². The van der Waals surface area contributed by atoms with Crippen LogP contribution in [-0.4, -0.2) is 56.5 Å². The molecule has 1 unspecified atom stereocenters. The number of anilines is 1. The minimum atomic E-state index is -0.373. The van der Waals surface area contributed by atoms with Gasteiger partial charge in [0.2, 0.25) is 0 Å². The molecule has 0 saturated carbocycles. The van der Waals surface area contributed by atoms with E-state index in [0.717, 1.165) is 19.4 Å². The third-order valence-corrected chi connectivity index (χ3v) is 5.69. The van der Waals surface area contributed by atoms with Crippen LogP contribution in [0.15, 0.2) is 46.9 Å². The van der Waals surface area contributed by atoms with E-state index in [4.69, 9.17) is 26.4 Å². The van der Waals surface area contributed by atoms with Gasteiger partial charge in [0.05, 0.1) is 17.2 Å². The van der Waals surface area contributed by atoms with Crippen LogP contribution in [-0.2, 0) is 9.47 Å². The molecule has 0 aliphatic carbocycles. The highest BCUT2D eigenvalue weighted by Crippen LogP contribution is 2.26. The number of hydrogen-bond acceptors (Lipinski definition) is 6. The van der Waals surface area contributed by atoms with Crippen molar-refractivity contribution in [2.75, 3.05) is 38.8 Å². The van der Waals surface area contributed by atoms with Crippen LogP contribution in [0.25, 0.3) is 0 Å². The van der Waals surface area contributed by atoms with Gasteiger partial charge in [-0.25, -0.2) is 0 Å². The Labute approximate surface area is 206 Å². The van der Waals surface area contributed by atoms with Crippen molar-refractivity contribution in [3.05, 3.63) is 58.1 Å². The van der Waals surface area contributed by atoms with Gasteiger partial charge in [-0.1, -0.05) is 6.07 Å². The maximum Gasteiger partial charge on any atom is 0.257 e. The summed E-state index contributed by atoms with van der Waals surface area (Å²) in [5, 5.41) is 8.58. The van der Waals surface area contributed by atoms with Gasteiger partial charge >= 0.3 is 0 Å². The summed E-state index contributed by atoms with van der Waals surface area (Å²) in [5.41, 5.74) is 1.49. The summed E-state index contributed by atoms with van der Waals surface area (Å²) in [6, 6.07) is 11.9. The van der Waals surface area contributed by atoms with E-state index >= 15 is 0 Å². The van der Waals surface area contributed by atoms with Crippen LogP contribution in [0.4, 0.5) is 5.69 Å². The molecular weight excluding hydrogens is 510 g/mol. The highest BCUT2D eigenvalue weighted by molar-refractivity contribution is 9.10. The lowest BCUT2D eigenvalue weighted by molar-refractivity contribution is 0.0857. The lowest BCUT2D eigenvalue weighted by Crippen LogP contribution is -2.34. The highest BCUT2D eigenvalue weighted by atomic mass is 79.9. The van der Waals surface area contributed by atoms with Crippen LogP contribution in [0.5, 0.6) is 5.75 Å². The predicted octanol–water partition coefficient (Wildman–Crippen LogP) is 3.51. The van der Waals surface area contributed by atoms with E-state index in [1.54, 1.807) is 49.6 Å². The Bertz CT molecular complexity index is 998. The summed E-state index contributed by atoms with van der Waals surface area (Å²) < 4.78 is 16.7. The molecular formula is C23H26BrN3O5S. The molecule has 0 spiro atoms. The smallest absolute Gasteiger partial charge is 0.257 e. The summed E-state index contributed by atoms with van der Waals surface area (Å²) in [7, 11) is 1.60. The zero-order chi connectivity index (χ0) is 23.6. The van der Waals surface area contributed by atoms with Crippen LogP contribution in [0.3, 0.4) is 0 Å². The van der Waals surface area contributed by atoms with Crippen molar-refractivity contribution in [2.24, 2.45) is 0 Å². The first kappa shape index (κ1) is 25.1. The molecule has 10 heteroatoms. The number of hydrogen-bond donors (Lipinski definition) is 3. The second-order valence-corrected chi connectivity index (χ2v) is 8.58. The maximum absolute atomic E-state index is 12.6. The number of halogens is 1. The van der Waals surface area contributed by atoms with E-state index in [9.17, 15) is 9.59 Å². The van der Waals surface area contributed by atoms with Crippen molar-refractivity contribution in [3.63, 3.8) is 0 Å². The third-order valence-electron chi connectivity index (χ3n) is 4.86. The zero-order valence-corrected chi connectivity index (χ0v) is 20.6. The van der Waals surface area contributed by atoms with Crippen LogP contribution in [0.2, 0.25) is 0 Å². The van der Waals surface area contributed by atoms with Crippen molar-refractivity contribution < 1.29 is 23.8 Å². The normalized spacial score (nSPS) is 15.0. The number of rotatable bonds is 9. The first-order chi connectivity index (χ1) is 16.0. The molecule has 1 fully saturated rings. The molecule has 0 radical (unpaired) electrons. The van der Waals surface area contributed by atoms with Gasteiger partial charge in [-0.3, -0.25) is 14.9 Å². The molecule has 2 aromatic rings. The Balaban J connectivity index is 1.52. The molecule has 8 nitrogen and oxygen atoms in total. The van der Waals surface area contributed by atoms with Crippen LogP contribution in [0.1, 0.15) is 33.6 Å². The number of carbonyl (C=O) groups excluding carboxylic acids is 2. The van der Waals surface area contributed by atoms with Gasteiger partial charge in [0.25, 0.3) is 11.8 Å². The molecule has 1 atom stereocenters. The fraction of sp³-hybridized carbons (Fsp3) is 0.348. The van der Waals surface area contributed by atoms with Crippen molar-refractivity contribution in [1.82, 2.24) is 10.6 Å². The monoisotopic (exact) mass is 535 g/mol. The Morgan fingerprint density at radius 2 is 1.97 bits per heavy atom. The van der Waals surface area contributed by atoms with E-state index < -0.39 is 0 Å². The second kappa shape index (κ2) is 12.6. The fourth-order valence-electron chi connectivity index (χ4n) is 3.18. The van der Waals surface area contributed by atoms with Gasteiger partial charge in [-0.05, 0) is 77.4 Å². The van der Waals surface area contributed by atoms with Gasteiger partial charge in [0.15, 0.2) is 5.11 Å². The molecule has 1 aliphatic heterocycles. The Morgan fingerprint density at radius 3 is 2.70 bits per heavy atom. The number of thiocarbonyl (C=S) groups is 1. The summed E-state index contributed by atoms with van der Waals surface area (Å²) in [5.74, 6) is 0.0442. The molecule has 2 aromatic carbocycles. The van der Waals surface area contributed by atoms with Crippen LogP contribution >= 0.6 is 28.1 Å². The summed E-state index contributed by atoms with van der Waals surface area (Å²) in [6.07, 6.45) is 2.05. The number of carbonyl (C=O) groups is 2. The second-order valence-electron chi connectivity index (χ2n) is 7.32. The number of methoxy groups -OCH3 is 1. The van der Waals surface area contributed by atoms with E-state index in [1.165, 1.54) is 0 Å². The quantitative estimate of drug-likeness (QED) is 0.334. The Morgan fingerprint density at radius 1 is 1.15 bits per heavy atom. The SMILES string of the molecule is COCCOc1ccc(C(=O)NC(=S)Nc2cccc(C(=O)NCC3CCCO3)c2)cc1Br. The average molecular weight is 536 g/mol. The first-order valence-electron chi connectivity index (χ1n) is 10.5. The summed E-state index contributed by atoms with van der Waals surface area (Å²) in [4.78, 5) is 25.0. The van der Waals surface area contributed by atoms with Gasteiger partial charge < -0.3 is 24.8 Å². The van der Waals surface area contributed by atoms with E-state index in [0.29, 0.717) is 46.8 Å². The van der Waals surface area contributed by atoms with Gasteiger partial charge in [-0.15, -0.1) is 0 Å². The number of benzene rings is 2. The average Bonchev–Trinajstić information content (AvgIpc) is 3.32. The van der Waals surface area contributed by atoms with Crippen molar-refractivity contribution >= 4 is 50.8 Å². The minimum absolute atomic E-state index is 0.0732. The Hall–Kier alpha value is -2.53. The molecule has 3 N–H and O–H groups in total. The molecule has 1 aliphatic rings. The molecule has 176 valence electrons.